The van der Waals surface area contributed by atoms with E-state index in [1.807, 2.05) is 0 Å². The first kappa shape index (κ1) is 18.0. The zero-order valence-electron chi connectivity index (χ0n) is 13.2. The summed E-state index contributed by atoms with van der Waals surface area (Å²) in [7, 11) is 0. The number of hydrogen-bond acceptors (Lipinski definition) is 3. The Morgan fingerprint density at radius 1 is 1.33 bits per heavy atom. The molecule has 1 saturated heterocycles. The first-order valence-electron chi connectivity index (χ1n) is 7.62. The van der Waals surface area contributed by atoms with E-state index in [1.54, 1.807) is 17.0 Å². The topological polar surface area (TPSA) is 41.9 Å². The number of rotatable bonds is 5. The van der Waals surface area contributed by atoms with Crippen LogP contribution in [0.3, 0.4) is 0 Å². The van der Waals surface area contributed by atoms with Gasteiger partial charge in [-0.15, -0.1) is 6.58 Å². The van der Waals surface area contributed by atoms with Crippen LogP contribution in [0.25, 0.3) is 0 Å². The van der Waals surface area contributed by atoms with Gasteiger partial charge in [-0.25, -0.2) is 0 Å². The molecule has 4 nitrogen and oxygen atoms in total. The standard InChI is InChI=1S/C17H19F3N2O2/c1-2-4-16(23)22-9-7-15(8-10-22)21-24-12-13-5-3-6-14(11-13)17(18,19)20/h2-3,5-6,11H,1,4,7-10,12H2. The molecule has 1 amide bonds. The average molecular weight is 340 g/mol. The minimum absolute atomic E-state index is 0.0213. The summed E-state index contributed by atoms with van der Waals surface area (Å²) in [4.78, 5) is 18.6. The van der Waals surface area contributed by atoms with Crippen LogP contribution in [0, 0.1) is 0 Å². The Kier molecular flexibility index (Phi) is 6.00. The maximum Gasteiger partial charge on any atom is 0.416 e. The van der Waals surface area contributed by atoms with Gasteiger partial charge in [-0.05, 0) is 17.7 Å². The number of carbonyl (C=O) groups is 1. The summed E-state index contributed by atoms with van der Waals surface area (Å²) >= 11 is 0. The summed E-state index contributed by atoms with van der Waals surface area (Å²) < 4.78 is 37.9. The molecule has 7 heteroatoms. The van der Waals surface area contributed by atoms with E-state index in [4.69, 9.17) is 4.84 Å². The van der Waals surface area contributed by atoms with Gasteiger partial charge in [-0.2, -0.15) is 13.2 Å². The second-order valence-corrected chi connectivity index (χ2v) is 5.50. The van der Waals surface area contributed by atoms with Crippen molar-refractivity contribution in [1.29, 1.82) is 0 Å². The molecule has 1 aromatic rings. The predicted octanol–water partition coefficient (Wildman–Crippen LogP) is 3.78. The lowest BCUT2D eigenvalue weighted by Crippen LogP contribution is -2.38. The lowest BCUT2D eigenvalue weighted by atomic mass is 10.1. The van der Waals surface area contributed by atoms with Gasteiger partial charge in [0, 0.05) is 32.4 Å². The smallest absolute Gasteiger partial charge is 0.391 e. The zero-order valence-corrected chi connectivity index (χ0v) is 13.2. The monoisotopic (exact) mass is 340 g/mol. The van der Waals surface area contributed by atoms with Crippen LogP contribution in [-0.2, 0) is 22.4 Å². The number of benzene rings is 1. The van der Waals surface area contributed by atoms with E-state index in [9.17, 15) is 18.0 Å². The van der Waals surface area contributed by atoms with E-state index in [0.29, 0.717) is 37.9 Å². The first-order valence-corrected chi connectivity index (χ1v) is 7.62. The van der Waals surface area contributed by atoms with Crippen molar-refractivity contribution in [1.82, 2.24) is 4.90 Å². The van der Waals surface area contributed by atoms with Gasteiger partial charge in [0.05, 0.1) is 11.3 Å². The van der Waals surface area contributed by atoms with Crippen LogP contribution in [0.1, 0.15) is 30.4 Å². The molecule has 2 rings (SSSR count). The molecule has 0 aliphatic carbocycles. The van der Waals surface area contributed by atoms with E-state index < -0.39 is 11.7 Å². The third-order valence-electron chi connectivity index (χ3n) is 3.69. The second kappa shape index (κ2) is 7.99. The van der Waals surface area contributed by atoms with Gasteiger partial charge < -0.3 is 9.74 Å². The van der Waals surface area contributed by atoms with E-state index in [-0.39, 0.29) is 12.5 Å². The molecule has 1 aliphatic heterocycles. The van der Waals surface area contributed by atoms with Crippen molar-refractivity contribution in [2.24, 2.45) is 5.16 Å². The Morgan fingerprint density at radius 3 is 2.67 bits per heavy atom. The fourth-order valence-corrected chi connectivity index (χ4v) is 2.39. The minimum Gasteiger partial charge on any atom is -0.391 e. The van der Waals surface area contributed by atoms with Crippen LogP contribution in [0.4, 0.5) is 13.2 Å². The molecule has 1 heterocycles. The van der Waals surface area contributed by atoms with Crippen molar-refractivity contribution in [3.8, 4) is 0 Å². The van der Waals surface area contributed by atoms with Gasteiger partial charge in [0.2, 0.25) is 5.91 Å². The summed E-state index contributed by atoms with van der Waals surface area (Å²) in [5.41, 5.74) is 0.516. The Hall–Kier alpha value is -2.31. The molecule has 0 N–H and O–H groups in total. The summed E-state index contributed by atoms with van der Waals surface area (Å²) in [6.45, 7) is 4.65. The molecule has 24 heavy (non-hydrogen) atoms. The largest absolute Gasteiger partial charge is 0.416 e. The van der Waals surface area contributed by atoms with Crippen molar-refractivity contribution in [3.63, 3.8) is 0 Å². The molecule has 0 radical (unpaired) electrons. The summed E-state index contributed by atoms with van der Waals surface area (Å²) in [6.07, 6.45) is -1.27. The van der Waals surface area contributed by atoms with E-state index in [0.717, 1.165) is 17.8 Å². The van der Waals surface area contributed by atoms with Crippen molar-refractivity contribution < 1.29 is 22.8 Å². The van der Waals surface area contributed by atoms with Crippen LogP contribution in [0.5, 0.6) is 0 Å². The van der Waals surface area contributed by atoms with Gasteiger partial charge in [0.15, 0.2) is 0 Å². The summed E-state index contributed by atoms with van der Waals surface area (Å²) in [6, 6.07) is 4.98. The van der Waals surface area contributed by atoms with Crippen LogP contribution < -0.4 is 0 Å². The molecule has 0 bridgehead atoms. The fourth-order valence-electron chi connectivity index (χ4n) is 2.39. The lowest BCUT2D eigenvalue weighted by molar-refractivity contribution is -0.137. The molecule has 0 saturated carbocycles. The van der Waals surface area contributed by atoms with Crippen molar-refractivity contribution >= 4 is 11.6 Å². The van der Waals surface area contributed by atoms with E-state index in [2.05, 4.69) is 11.7 Å². The number of carbonyl (C=O) groups excluding carboxylic acids is 1. The van der Waals surface area contributed by atoms with Crippen LogP contribution >= 0.6 is 0 Å². The third kappa shape index (κ3) is 5.11. The highest BCUT2D eigenvalue weighted by Crippen LogP contribution is 2.29. The first-order chi connectivity index (χ1) is 11.4. The zero-order chi connectivity index (χ0) is 17.6. The maximum absolute atomic E-state index is 12.6. The molecule has 0 unspecified atom stereocenters. The SMILES string of the molecule is C=CCC(=O)N1CCC(=NOCc2cccc(C(F)(F)F)c2)CC1. The number of oxime groups is 1. The summed E-state index contributed by atoms with van der Waals surface area (Å²) in [5, 5.41) is 3.99. The second-order valence-electron chi connectivity index (χ2n) is 5.50. The third-order valence-corrected chi connectivity index (χ3v) is 3.69. The Bertz CT molecular complexity index is 617. The number of piperidine rings is 1. The Morgan fingerprint density at radius 2 is 2.04 bits per heavy atom. The quantitative estimate of drug-likeness (QED) is 0.605. The lowest BCUT2D eigenvalue weighted by Gasteiger charge is -2.27. The number of halogens is 3. The predicted molar refractivity (Wildman–Crippen MR) is 84.3 cm³/mol. The number of hydrogen-bond donors (Lipinski definition) is 0. The van der Waals surface area contributed by atoms with Crippen molar-refractivity contribution in [2.45, 2.75) is 32.0 Å². The highest BCUT2D eigenvalue weighted by molar-refractivity contribution is 5.87. The van der Waals surface area contributed by atoms with Gasteiger partial charge in [-0.3, -0.25) is 4.79 Å². The van der Waals surface area contributed by atoms with Gasteiger partial charge >= 0.3 is 6.18 Å². The van der Waals surface area contributed by atoms with E-state index in [1.165, 1.54) is 6.07 Å². The van der Waals surface area contributed by atoms with Crippen LogP contribution in [-0.4, -0.2) is 29.6 Å². The Balaban J connectivity index is 1.83. The minimum atomic E-state index is -4.37. The molecule has 130 valence electrons. The maximum atomic E-state index is 12.6. The van der Waals surface area contributed by atoms with Gasteiger partial charge in [0.25, 0.3) is 0 Å². The highest BCUT2D eigenvalue weighted by Gasteiger charge is 2.30. The summed E-state index contributed by atoms with van der Waals surface area (Å²) in [5.74, 6) is 0.0361. The van der Waals surface area contributed by atoms with Crippen LogP contribution in [0.15, 0.2) is 42.1 Å². The molecule has 0 atom stereocenters. The van der Waals surface area contributed by atoms with E-state index >= 15 is 0 Å². The molecular formula is C17H19F3N2O2. The average Bonchev–Trinajstić information content (AvgIpc) is 2.55. The highest BCUT2D eigenvalue weighted by atomic mass is 19.4. The molecule has 1 aliphatic rings. The van der Waals surface area contributed by atoms with Crippen molar-refractivity contribution in [3.05, 3.63) is 48.0 Å². The van der Waals surface area contributed by atoms with Gasteiger partial charge in [-0.1, -0.05) is 23.4 Å². The van der Waals surface area contributed by atoms with Gasteiger partial charge in [0.1, 0.15) is 6.61 Å². The number of nitrogens with zero attached hydrogens (tertiary/aromatic N) is 2. The fraction of sp³-hybridized carbons (Fsp3) is 0.412. The molecule has 1 fully saturated rings. The molecule has 0 spiro atoms. The molecule has 0 aromatic heterocycles. The number of alkyl halides is 3. The number of amides is 1. The number of likely N-dealkylation sites (tertiary alicyclic amines) is 1. The van der Waals surface area contributed by atoms with Crippen LogP contribution in [0.2, 0.25) is 0 Å². The molecule has 1 aromatic carbocycles. The van der Waals surface area contributed by atoms with Crippen molar-refractivity contribution in [2.75, 3.05) is 13.1 Å². The Labute approximate surface area is 138 Å². The normalized spacial score (nSPS) is 15.1. The molecular weight excluding hydrogens is 321 g/mol.